The molecule has 25 heavy (non-hydrogen) atoms. The molecule has 0 aliphatic carbocycles. The summed E-state index contributed by atoms with van der Waals surface area (Å²) in [6, 6.07) is 8.47. The molecule has 0 unspecified atom stereocenters. The van der Waals surface area contributed by atoms with Crippen molar-refractivity contribution in [1.29, 1.82) is 0 Å². The van der Waals surface area contributed by atoms with E-state index in [2.05, 4.69) is 24.3 Å². The fourth-order valence-corrected chi connectivity index (χ4v) is 2.52. The van der Waals surface area contributed by atoms with Gasteiger partial charge in [0.25, 0.3) is 0 Å². The van der Waals surface area contributed by atoms with E-state index in [1.54, 1.807) is 0 Å². The molecule has 1 aromatic carbocycles. The molecule has 0 N–H and O–H groups in total. The SMILES string of the molecule is CN(C)C(=NCc1cccc(CN=C(N(C)C)N(C)C)c1)N(C)C.I. The number of benzene rings is 1. The van der Waals surface area contributed by atoms with E-state index in [1.165, 1.54) is 11.1 Å². The molecule has 142 valence electrons. The second-order valence-corrected chi connectivity index (χ2v) is 6.63. The van der Waals surface area contributed by atoms with Gasteiger partial charge in [-0.25, -0.2) is 9.98 Å². The summed E-state index contributed by atoms with van der Waals surface area (Å²) >= 11 is 0. The van der Waals surface area contributed by atoms with Crippen molar-refractivity contribution in [3.8, 4) is 0 Å². The zero-order chi connectivity index (χ0) is 18.3. The molecular formula is C18H33IN6. The smallest absolute Gasteiger partial charge is 0.195 e. The van der Waals surface area contributed by atoms with Gasteiger partial charge in [0.15, 0.2) is 11.9 Å². The van der Waals surface area contributed by atoms with E-state index in [4.69, 9.17) is 9.98 Å². The highest BCUT2D eigenvalue weighted by Gasteiger charge is 2.05. The summed E-state index contributed by atoms with van der Waals surface area (Å²) in [5, 5.41) is 0. The molecule has 0 heterocycles. The molecule has 0 saturated heterocycles. The summed E-state index contributed by atoms with van der Waals surface area (Å²) in [7, 11) is 16.1. The minimum Gasteiger partial charge on any atom is -0.349 e. The van der Waals surface area contributed by atoms with E-state index in [0.29, 0.717) is 13.1 Å². The van der Waals surface area contributed by atoms with Crippen molar-refractivity contribution in [2.45, 2.75) is 13.1 Å². The quantitative estimate of drug-likeness (QED) is 0.393. The number of rotatable bonds is 4. The Morgan fingerprint density at radius 3 is 1.28 bits per heavy atom. The van der Waals surface area contributed by atoms with Gasteiger partial charge in [-0.15, -0.1) is 24.0 Å². The van der Waals surface area contributed by atoms with Gasteiger partial charge in [-0.2, -0.15) is 0 Å². The Kier molecular flexibility index (Phi) is 10.5. The van der Waals surface area contributed by atoms with Crippen LogP contribution in [0.4, 0.5) is 0 Å². The number of hydrogen-bond acceptors (Lipinski definition) is 2. The van der Waals surface area contributed by atoms with Crippen molar-refractivity contribution in [2.24, 2.45) is 9.98 Å². The maximum absolute atomic E-state index is 4.70. The Hall–Kier alpha value is -1.51. The van der Waals surface area contributed by atoms with Crippen LogP contribution in [0.1, 0.15) is 11.1 Å². The van der Waals surface area contributed by atoms with Crippen LogP contribution in [-0.4, -0.2) is 87.9 Å². The van der Waals surface area contributed by atoms with Crippen molar-refractivity contribution in [2.75, 3.05) is 56.4 Å². The van der Waals surface area contributed by atoms with Crippen LogP contribution in [0, 0.1) is 0 Å². The van der Waals surface area contributed by atoms with Gasteiger partial charge in [0, 0.05) is 56.4 Å². The third kappa shape index (κ3) is 7.94. The maximum atomic E-state index is 4.70. The number of aliphatic imine (C=N–C) groups is 2. The van der Waals surface area contributed by atoms with E-state index in [0.717, 1.165) is 11.9 Å². The van der Waals surface area contributed by atoms with E-state index in [9.17, 15) is 0 Å². The summed E-state index contributed by atoms with van der Waals surface area (Å²) in [4.78, 5) is 17.5. The fraction of sp³-hybridized carbons (Fsp3) is 0.556. The van der Waals surface area contributed by atoms with Crippen LogP contribution in [0.2, 0.25) is 0 Å². The number of guanidine groups is 2. The molecular weight excluding hydrogens is 427 g/mol. The predicted molar refractivity (Wildman–Crippen MR) is 119 cm³/mol. The Bertz CT molecular complexity index is 511. The lowest BCUT2D eigenvalue weighted by atomic mass is 10.1. The molecule has 1 aromatic rings. The first-order chi connectivity index (χ1) is 11.2. The van der Waals surface area contributed by atoms with Gasteiger partial charge in [0.05, 0.1) is 13.1 Å². The second kappa shape index (κ2) is 11.2. The molecule has 1 rings (SSSR count). The standard InChI is InChI=1S/C18H32N6.HI/c1-21(2)17(22(3)4)19-13-15-10-9-11-16(12-15)14-20-18(23(5)6)24(7)8;/h9-12H,13-14H2,1-8H3;1H. The van der Waals surface area contributed by atoms with E-state index in [-0.39, 0.29) is 24.0 Å². The van der Waals surface area contributed by atoms with Crippen LogP contribution in [0.15, 0.2) is 34.3 Å². The van der Waals surface area contributed by atoms with Gasteiger partial charge in [0.2, 0.25) is 0 Å². The van der Waals surface area contributed by atoms with Crippen LogP contribution in [0.5, 0.6) is 0 Å². The van der Waals surface area contributed by atoms with E-state index >= 15 is 0 Å². The average Bonchev–Trinajstić information content (AvgIpc) is 2.46. The Morgan fingerprint density at radius 1 is 0.680 bits per heavy atom. The molecule has 0 atom stereocenters. The monoisotopic (exact) mass is 460 g/mol. The van der Waals surface area contributed by atoms with Crippen molar-refractivity contribution in [1.82, 2.24) is 19.6 Å². The minimum absolute atomic E-state index is 0. The second-order valence-electron chi connectivity index (χ2n) is 6.63. The average molecular weight is 460 g/mol. The summed E-state index contributed by atoms with van der Waals surface area (Å²) in [5.41, 5.74) is 2.39. The van der Waals surface area contributed by atoms with Crippen LogP contribution < -0.4 is 0 Å². The summed E-state index contributed by atoms with van der Waals surface area (Å²) in [5.74, 6) is 1.92. The normalized spacial score (nSPS) is 9.60. The summed E-state index contributed by atoms with van der Waals surface area (Å²) in [6.45, 7) is 1.33. The lowest BCUT2D eigenvalue weighted by molar-refractivity contribution is 0.479. The number of halogens is 1. The van der Waals surface area contributed by atoms with Gasteiger partial charge < -0.3 is 19.6 Å². The molecule has 0 amide bonds. The topological polar surface area (TPSA) is 37.7 Å². The third-order valence-electron chi connectivity index (χ3n) is 3.40. The lowest BCUT2D eigenvalue weighted by Crippen LogP contribution is -2.35. The van der Waals surface area contributed by atoms with Crippen molar-refractivity contribution >= 4 is 35.9 Å². The molecule has 0 bridgehead atoms. The van der Waals surface area contributed by atoms with Crippen LogP contribution in [0.3, 0.4) is 0 Å². The zero-order valence-corrected chi connectivity index (χ0v) is 19.1. The summed E-state index contributed by atoms with van der Waals surface area (Å²) < 4.78 is 0. The van der Waals surface area contributed by atoms with Crippen LogP contribution in [-0.2, 0) is 13.1 Å². The Morgan fingerprint density at radius 2 is 1.00 bits per heavy atom. The highest BCUT2D eigenvalue weighted by atomic mass is 127. The van der Waals surface area contributed by atoms with E-state index in [1.807, 2.05) is 76.0 Å². The van der Waals surface area contributed by atoms with Gasteiger partial charge in [0.1, 0.15) is 0 Å². The summed E-state index contributed by atoms with van der Waals surface area (Å²) in [6.07, 6.45) is 0. The fourth-order valence-electron chi connectivity index (χ4n) is 2.52. The van der Waals surface area contributed by atoms with Gasteiger partial charge in [-0.05, 0) is 11.1 Å². The third-order valence-corrected chi connectivity index (χ3v) is 3.40. The van der Waals surface area contributed by atoms with Crippen LogP contribution >= 0.6 is 24.0 Å². The first kappa shape index (κ1) is 23.5. The Labute approximate surface area is 170 Å². The lowest BCUT2D eigenvalue weighted by Gasteiger charge is -2.23. The van der Waals surface area contributed by atoms with Gasteiger partial charge >= 0.3 is 0 Å². The minimum atomic E-state index is 0. The number of nitrogens with zero attached hydrogens (tertiary/aromatic N) is 6. The zero-order valence-electron chi connectivity index (χ0n) is 16.8. The largest absolute Gasteiger partial charge is 0.349 e. The van der Waals surface area contributed by atoms with Crippen molar-refractivity contribution < 1.29 is 0 Å². The molecule has 0 aliphatic heterocycles. The van der Waals surface area contributed by atoms with Crippen molar-refractivity contribution in [3.63, 3.8) is 0 Å². The highest BCUT2D eigenvalue weighted by molar-refractivity contribution is 14.0. The molecule has 6 nitrogen and oxygen atoms in total. The molecule has 0 saturated carbocycles. The van der Waals surface area contributed by atoms with Crippen molar-refractivity contribution in [3.05, 3.63) is 35.4 Å². The molecule has 0 aromatic heterocycles. The van der Waals surface area contributed by atoms with E-state index < -0.39 is 0 Å². The molecule has 0 fully saturated rings. The molecule has 0 spiro atoms. The maximum Gasteiger partial charge on any atom is 0.195 e. The first-order valence-electron chi connectivity index (χ1n) is 8.08. The first-order valence-corrected chi connectivity index (χ1v) is 8.08. The predicted octanol–water partition coefficient (Wildman–Crippen LogP) is 2.26. The molecule has 0 aliphatic rings. The molecule has 7 heteroatoms. The molecule has 0 radical (unpaired) electrons. The van der Waals surface area contributed by atoms with Gasteiger partial charge in [-0.3, -0.25) is 0 Å². The highest BCUT2D eigenvalue weighted by Crippen LogP contribution is 2.09. The van der Waals surface area contributed by atoms with Crippen LogP contribution in [0.25, 0.3) is 0 Å². The van der Waals surface area contributed by atoms with Gasteiger partial charge in [-0.1, -0.05) is 24.3 Å². The Balaban J connectivity index is 0.00000576. The number of hydrogen-bond donors (Lipinski definition) is 0.